The number of carboxylic acids is 1. The molecular weight excluding hydrogens is 194 g/mol. The molecular formula is C7H9NO4S. The topological polar surface area (TPSA) is 76.4 Å². The third kappa shape index (κ3) is 1.89. The molecule has 1 aromatic rings. The van der Waals surface area contributed by atoms with Crippen LogP contribution in [-0.4, -0.2) is 29.7 Å². The van der Waals surface area contributed by atoms with Gasteiger partial charge in [-0.2, -0.15) is 0 Å². The molecule has 0 aromatic carbocycles. The zero-order valence-electron chi connectivity index (χ0n) is 9.68. The number of carbonyl (C=O) groups is 1. The standard InChI is InChI=1S/C7H9NO4S/c1-5-3-6(7(9)10)4-8(5)13(2,11)12/h3-4H,1-2H3,(H,9,10)/i1D3. The molecule has 0 atom stereocenters. The third-order valence-corrected chi connectivity index (χ3v) is 2.41. The molecule has 0 amide bonds. The number of aryl methyl sites for hydroxylation is 1. The first-order valence-corrected chi connectivity index (χ1v) is 5.05. The molecule has 0 saturated heterocycles. The van der Waals surface area contributed by atoms with Crippen LogP contribution in [0.1, 0.15) is 20.2 Å². The number of aromatic nitrogens is 1. The van der Waals surface area contributed by atoms with Crippen molar-refractivity contribution in [2.24, 2.45) is 0 Å². The molecule has 0 spiro atoms. The highest BCUT2D eigenvalue weighted by atomic mass is 32.2. The zero-order valence-corrected chi connectivity index (χ0v) is 7.50. The lowest BCUT2D eigenvalue weighted by molar-refractivity contribution is 0.0697. The van der Waals surface area contributed by atoms with Crippen LogP contribution >= 0.6 is 0 Å². The largest absolute Gasteiger partial charge is 0.478 e. The highest BCUT2D eigenvalue weighted by Crippen LogP contribution is 2.09. The van der Waals surface area contributed by atoms with Gasteiger partial charge < -0.3 is 5.11 Å². The first-order chi connectivity index (χ1) is 7.03. The fraction of sp³-hybridized carbons (Fsp3) is 0.286. The molecule has 1 heterocycles. The average molecular weight is 206 g/mol. The summed E-state index contributed by atoms with van der Waals surface area (Å²) < 4.78 is 44.3. The van der Waals surface area contributed by atoms with Gasteiger partial charge in [0.15, 0.2) is 0 Å². The molecule has 5 nitrogen and oxygen atoms in total. The molecule has 1 aromatic heterocycles. The fourth-order valence-corrected chi connectivity index (χ4v) is 1.55. The van der Waals surface area contributed by atoms with Crippen LogP contribution in [0.2, 0.25) is 0 Å². The van der Waals surface area contributed by atoms with E-state index in [4.69, 9.17) is 9.22 Å². The molecule has 0 unspecified atom stereocenters. The minimum absolute atomic E-state index is 0.378. The minimum atomic E-state index is -3.84. The Hall–Kier alpha value is -1.30. The summed E-state index contributed by atoms with van der Waals surface area (Å²) in [6, 6.07) is 0.830. The van der Waals surface area contributed by atoms with Crippen molar-refractivity contribution in [3.05, 3.63) is 23.5 Å². The number of aromatic carboxylic acids is 1. The minimum Gasteiger partial charge on any atom is -0.478 e. The van der Waals surface area contributed by atoms with Crippen molar-refractivity contribution in [2.75, 3.05) is 6.26 Å². The molecule has 1 N–H and O–H groups in total. The van der Waals surface area contributed by atoms with E-state index in [0.29, 0.717) is 3.97 Å². The fourth-order valence-electron chi connectivity index (χ4n) is 0.835. The van der Waals surface area contributed by atoms with E-state index in [2.05, 4.69) is 0 Å². The van der Waals surface area contributed by atoms with Gasteiger partial charge in [0.25, 0.3) is 0 Å². The van der Waals surface area contributed by atoms with Crippen molar-refractivity contribution in [1.29, 1.82) is 0 Å². The van der Waals surface area contributed by atoms with E-state index in [-0.39, 0.29) is 5.56 Å². The van der Waals surface area contributed by atoms with Crippen molar-refractivity contribution in [2.45, 2.75) is 6.85 Å². The van der Waals surface area contributed by atoms with Crippen LogP contribution < -0.4 is 0 Å². The van der Waals surface area contributed by atoms with Gasteiger partial charge in [0.05, 0.1) is 11.8 Å². The first kappa shape index (κ1) is 6.20. The maximum Gasteiger partial charge on any atom is 0.337 e. The van der Waals surface area contributed by atoms with Crippen molar-refractivity contribution in [3.8, 4) is 0 Å². The Morgan fingerprint density at radius 3 is 2.62 bits per heavy atom. The lowest BCUT2D eigenvalue weighted by atomic mass is 10.3. The summed E-state index contributed by atoms with van der Waals surface area (Å²) in [6.45, 7) is -2.68. The predicted molar refractivity (Wildman–Crippen MR) is 46.4 cm³/mol. The lowest BCUT2D eigenvalue weighted by Gasteiger charge is -2.00. The summed E-state index contributed by atoms with van der Waals surface area (Å²) in [5.41, 5.74) is -0.913. The summed E-state index contributed by atoms with van der Waals surface area (Å²) in [6.07, 6.45) is 1.58. The molecule has 6 heteroatoms. The molecule has 0 aliphatic carbocycles. The number of hydrogen-bond donors (Lipinski definition) is 1. The van der Waals surface area contributed by atoms with Gasteiger partial charge in [-0.1, -0.05) is 0 Å². The van der Waals surface area contributed by atoms with Crippen molar-refractivity contribution >= 4 is 16.0 Å². The maximum absolute atomic E-state index is 11.3. The van der Waals surface area contributed by atoms with Crippen molar-refractivity contribution in [1.82, 2.24) is 3.97 Å². The van der Waals surface area contributed by atoms with E-state index in [1.807, 2.05) is 0 Å². The molecule has 13 heavy (non-hydrogen) atoms. The van der Waals surface area contributed by atoms with E-state index >= 15 is 0 Å². The highest BCUT2D eigenvalue weighted by Gasteiger charge is 2.13. The highest BCUT2D eigenvalue weighted by molar-refractivity contribution is 7.89. The van der Waals surface area contributed by atoms with E-state index in [0.717, 1.165) is 18.5 Å². The normalized spacial score (nSPS) is 15.9. The quantitative estimate of drug-likeness (QED) is 0.755. The summed E-state index contributed by atoms with van der Waals surface area (Å²) in [5.74, 6) is -1.38. The van der Waals surface area contributed by atoms with Gasteiger partial charge in [-0.25, -0.2) is 17.2 Å². The Kier molecular flexibility index (Phi) is 1.37. The van der Waals surface area contributed by atoms with E-state index in [9.17, 15) is 13.2 Å². The second-order valence-corrected chi connectivity index (χ2v) is 4.34. The Bertz CT molecular complexity index is 528. The zero-order chi connectivity index (χ0) is 12.7. The molecule has 0 aliphatic rings. The van der Waals surface area contributed by atoms with Crippen LogP contribution in [0.5, 0.6) is 0 Å². The molecule has 0 fully saturated rings. The van der Waals surface area contributed by atoms with Gasteiger partial charge in [-0.15, -0.1) is 0 Å². The van der Waals surface area contributed by atoms with Crippen LogP contribution in [0.25, 0.3) is 0 Å². The number of rotatable bonds is 2. The summed E-state index contributed by atoms with van der Waals surface area (Å²) in [4.78, 5) is 10.6. The summed E-state index contributed by atoms with van der Waals surface area (Å²) in [7, 11) is -3.84. The van der Waals surface area contributed by atoms with E-state index < -0.39 is 28.5 Å². The Morgan fingerprint density at radius 1 is 1.69 bits per heavy atom. The van der Waals surface area contributed by atoms with Crippen molar-refractivity contribution < 1.29 is 22.4 Å². The van der Waals surface area contributed by atoms with Crippen LogP contribution in [-0.2, 0) is 10.0 Å². The number of hydrogen-bond acceptors (Lipinski definition) is 3. The number of nitrogens with zero attached hydrogens (tertiary/aromatic N) is 1. The van der Waals surface area contributed by atoms with Gasteiger partial charge in [0.2, 0.25) is 10.0 Å². The third-order valence-electron chi connectivity index (χ3n) is 1.39. The molecule has 0 aliphatic heterocycles. The molecule has 0 saturated carbocycles. The molecule has 72 valence electrons. The smallest absolute Gasteiger partial charge is 0.337 e. The SMILES string of the molecule is [2H]C([2H])([2H])c1cc(C(=O)O)cn1S(C)(=O)=O. The van der Waals surface area contributed by atoms with Gasteiger partial charge >= 0.3 is 5.97 Å². The summed E-state index contributed by atoms with van der Waals surface area (Å²) >= 11 is 0. The second-order valence-electron chi connectivity index (χ2n) is 2.48. The Labute approximate surface area is 79.9 Å². The molecule has 0 radical (unpaired) electrons. The predicted octanol–water partition coefficient (Wildman–Crippen LogP) is 0.302. The Morgan fingerprint density at radius 2 is 2.31 bits per heavy atom. The lowest BCUT2D eigenvalue weighted by Crippen LogP contribution is -2.10. The monoisotopic (exact) mass is 206 g/mol. The van der Waals surface area contributed by atoms with Crippen LogP contribution in [0, 0.1) is 6.85 Å². The van der Waals surface area contributed by atoms with Gasteiger partial charge in [-0.3, -0.25) is 0 Å². The van der Waals surface area contributed by atoms with Crippen LogP contribution in [0.4, 0.5) is 0 Å². The van der Waals surface area contributed by atoms with Crippen LogP contribution in [0.3, 0.4) is 0 Å². The summed E-state index contributed by atoms with van der Waals surface area (Å²) in [5, 5.41) is 8.66. The van der Waals surface area contributed by atoms with Crippen molar-refractivity contribution in [3.63, 3.8) is 0 Å². The maximum atomic E-state index is 11.3. The van der Waals surface area contributed by atoms with E-state index in [1.54, 1.807) is 0 Å². The average Bonchev–Trinajstić information content (AvgIpc) is 2.44. The molecule has 1 rings (SSSR count). The van der Waals surface area contributed by atoms with E-state index in [1.165, 1.54) is 0 Å². The number of carboxylic acid groups (broad SMARTS) is 1. The Balaban J connectivity index is 3.54. The van der Waals surface area contributed by atoms with Gasteiger partial charge in [-0.05, 0) is 12.9 Å². The van der Waals surface area contributed by atoms with Gasteiger partial charge in [0, 0.05) is 16.0 Å². The van der Waals surface area contributed by atoms with Gasteiger partial charge in [0.1, 0.15) is 0 Å². The second kappa shape index (κ2) is 2.88. The van der Waals surface area contributed by atoms with Crippen LogP contribution in [0.15, 0.2) is 12.3 Å². The first-order valence-electron chi connectivity index (χ1n) is 4.70. The molecule has 0 bridgehead atoms.